The molecule has 0 spiro atoms. The first-order valence-corrected chi connectivity index (χ1v) is 5.98. The Bertz CT molecular complexity index is 151. The van der Waals surface area contributed by atoms with Crippen molar-refractivity contribution in [3.05, 3.63) is 0 Å². The highest BCUT2D eigenvalue weighted by atomic mass is 32.1. The third-order valence-corrected chi connectivity index (χ3v) is 3.71. The van der Waals surface area contributed by atoms with Crippen LogP contribution in [0.1, 0.15) is 66.2 Å². The molecule has 0 N–H and O–H groups in total. The summed E-state index contributed by atoms with van der Waals surface area (Å²) in [5.74, 6) is 0. The van der Waals surface area contributed by atoms with Gasteiger partial charge in [0.2, 0.25) is 0 Å². The zero-order chi connectivity index (χ0) is 10.3. The first-order valence-electron chi connectivity index (χ1n) is 5.58. The van der Waals surface area contributed by atoms with Crippen molar-refractivity contribution >= 4 is 17.1 Å². The Morgan fingerprint density at radius 2 is 1.77 bits per heavy atom. The fourth-order valence-corrected chi connectivity index (χ4v) is 1.79. The van der Waals surface area contributed by atoms with E-state index in [-0.39, 0.29) is 0 Å². The Labute approximate surface area is 89.1 Å². The molecule has 0 amide bonds. The molecule has 0 rings (SSSR count). The van der Waals surface area contributed by atoms with Crippen LogP contribution in [-0.4, -0.2) is 4.86 Å². The maximum atomic E-state index is 5.31. The lowest BCUT2D eigenvalue weighted by molar-refractivity contribution is 0.393. The predicted molar refractivity (Wildman–Crippen MR) is 65.4 cm³/mol. The highest BCUT2D eigenvalue weighted by Gasteiger charge is 2.23. The number of hydrogen-bond donors (Lipinski definition) is 0. The molecule has 13 heavy (non-hydrogen) atoms. The molecular weight excluding hydrogens is 176 g/mol. The van der Waals surface area contributed by atoms with Crippen LogP contribution >= 0.6 is 12.2 Å². The molecule has 0 aliphatic carbocycles. The van der Waals surface area contributed by atoms with E-state index in [0.717, 1.165) is 0 Å². The van der Waals surface area contributed by atoms with Crippen molar-refractivity contribution in [3.63, 3.8) is 0 Å². The van der Waals surface area contributed by atoms with Crippen molar-refractivity contribution in [1.82, 2.24) is 0 Å². The van der Waals surface area contributed by atoms with Crippen LogP contribution < -0.4 is 0 Å². The van der Waals surface area contributed by atoms with Gasteiger partial charge < -0.3 is 0 Å². The van der Waals surface area contributed by atoms with Gasteiger partial charge in [0, 0.05) is 0 Å². The van der Waals surface area contributed by atoms with Gasteiger partial charge in [0.15, 0.2) is 0 Å². The topological polar surface area (TPSA) is 0 Å². The standard InChI is InChI=1S/C12H24S/c1-5-7-8-9-10-12(4,6-2)11(3)13/h5-10H2,1-4H3. The van der Waals surface area contributed by atoms with Crippen LogP contribution in [0.3, 0.4) is 0 Å². The van der Waals surface area contributed by atoms with Gasteiger partial charge in [-0.2, -0.15) is 0 Å². The molecule has 1 atom stereocenters. The Hall–Kier alpha value is 0.0900. The van der Waals surface area contributed by atoms with Crippen LogP contribution in [0.15, 0.2) is 0 Å². The minimum atomic E-state index is 0.322. The van der Waals surface area contributed by atoms with Crippen molar-refractivity contribution in [1.29, 1.82) is 0 Å². The quantitative estimate of drug-likeness (QED) is 0.421. The number of rotatable bonds is 7. The molecule has 0 saturated heterocycles. The van der Waals surface area contributed by atoms with Crippen molar-refractivity contribution in [2.24, 2.45) is 5.41 Å². The number of unbranched alkanes of at least 4 members (excludes halogenated alkanes) is 3. The molecule has 0 aromatic rings. The average Bonchev–Trinajstić information content (AvgIpc) is 2.12. The van der Waals surface area contributed by atoms with Crippen LogP contribution in [0.5, 0.6) is 0 Å². The Kier molecular flexibility index (Phi) is 6.58. The molecule has 0 heterocycles. The van der Waals surface area contributed by atoms with Gasteiger partial charge in [-0.3, -0.25) is 0 Å². The summed E-state index contributed by atoms with van der Waals surface area (Å²) in [6.45, 7) is 8.90. The smallest absolute Gasteiger partial charge is 0.00171 e. The minimum Gasteiger partial charge on any atom is -0.0894 e. The molecule has 0 bridgehead atoms. The molecule has 78 valence electrons. The number of thiocarbonyl (C=S) groups is 1. The van der Waals surface area contributed by atoms with Crippen LogP contribution in [0.25, 0.3) is 0 Å². The van der Waals surface area contributed by atoms with Crippen molar-refractivity contribution in [3.8, 4) is 0 Å². The lowest BCUT2D eigenvalue weighted by atomic mass is 9.79. The Balaban J connectivity index is 3.78. The van der Waals surface area contributed by atoms with E-state index in [0.29, 0.717) is 5.41 Å². The van der Waals surface area contributed by atoms with Gasteiger partial charge in [0.25, 0.3) is 0 Å². The van der Waals surface area contributed by atoms with Crippen molar-refractivity contribution in [2.75, 3.05) is 0 Å². The maximum absolute atomic E-state index is 5.31. The summed E-state index contributed by atoms with van der Waals surface area (Å²) < 4.78 is 0. The van der Waals surface area contributed by atoms with Crippen LogP contribution in [0, 0.1) is 5.41 Å². The van der Waals surface area contributed by atoms with E-state index in [1.165, 1.54) is 43.4 Å². The van der Waals surface area contributed by atoms with Gasteiger partial charge >= 0.3 is 0 Å². The van der Waals surface area contributed by atoms with Gasteiger partial charge in [-0.25, -0.2) is 0 Å². The molecule has 0 aromatic carbocycles. The lowest BCUT2D eigenvalue weighted by Gasteiger charge is -2.27. The van der Waals surface area contributed by atoms with Gasteiger partial charge in [0.1, 0.15) is 0 Å². The highest BCUT2D eigenvalue weighted by Crippen LogP contribution is 2.30. The van der Waals surface area contributed by atoms with Crippen LogP contribution in [-0.2, 0) is 0 Å². The summed E-state index contributed by atoms with van der Waals surface area (Å²) in [5, 5.41) is 0. The molecule has 0 radical (unpaired) electrons. The molecule has 0 nitrogen and oxygen atoms in total. The second-order valence-electron chi connectivity index (χ2n) is 4.28. The van der Waals surface area contributed by atoms with E-state index in [1.807, 2.05) is 0 Å². The van der Waals surface area contributed by atoms with Crippen LogP contribution in [0.2, 0.25) is 0 Å². The van der Waals surface area contributed by atoms with Gasteiger partial charge in [-0.05, 0) is 30.0 Å². The van der Waals surface area contributed by atoms with Crippen molar-refractivity contribution < 1.29 is 0 Å². The van der Waals surface area contributed by atoms with Gasteiger partial charge in [-0.1, -0.05) is 58.7 Å². The summed E-state index contributed by atoms with van der Waals surface area (Å²) in [5.41, 5.74) is 0.322. The normalized spacial score (nSPS) is 15.4. The summed E-state index contributed by atoms with van der Waals surface area (Å²) >= 11 is 5.31. The largest absolute Gasteiger partial charge is 0.0894 e. The molecule has 0 fully saturated rings. The molecule has 0 aromatic heterocycles. The fourth-order valence-electron chi connectivity index (χ4n) is 1.54. The zero-order valence-electron chi connectivity index (χ0n) is 9.65. The molecule has 1 heteroatoms. The third-order valence-electron chi connectivity index (χ3n) is 3.21. The minimum absolute atomic E-state index is 0.322. The molecular formula is C12H24S. The average molecular weight is 200 g/mol. The first kappa shape index (κ1) is 13.1. The van der Waals surface area contributed by atoms with E-state index < -0.39 is 0 Å². The molecule has 0 aliphatic heterocycles. The molecule has 1 unspecified atom stereocenters. The second-order valence-corrected chi connectivity index (χ2v) is 4.89. The summed E-state index contributed by atoms with van der Waals surface area (Å²) in [4.78, 5) is 1.19. The highest BCUT2D eigenvalue weighted by molar-refractivity contribution is 7.80. The van der Waals surface area contributed by atoms with E-state index in [9.17, 15) is 0 Å². The maximum Gasteiger partial charge on any atom is -0.00171 e. The Morgan fingerprint density at radius 1 is 1.15 bits per heavy atom. The molecule has 0 saturated carbocycles. The molecule has 0 aliphatic rings. The zero-order valence-corrected chi connectivity index (χ0v) is 10.5. The monoisotopic (exact) mass is 200 g/mol. The van der Waals surface area contributed by atoms with E-state index >= 15 is 0 Å². The summed E-state index contributed by atoms with van der Waals surface area (Å²) in [6.07, 6.45) is 7.86. The van der Waals surface area contributed by atoms with Gasteiger partial charge in [0.05, 0.1) is 0 Å². The van der Waals surface area contributed by atoms with Gasteiger partial charge in [-0.15, -0.1) is 0 Å². The fraction of sp³-hybridized carbons (Fsp3) is 0.917. The predicted octanol–water partition coefficient (Wildman–Crippen LogP) is 4.76. The first-order chi connectivity index (χ1) is 6.06. The Morgan fingerprint density at radius 3 is 2.15 bits per heavy atom. The van der Waals surface area contributed by atoms with E-state index in [2.05, 4.69) is 27.7 Å². The third kappa shape index (κ3) is 4.75. The summed E-state index contributed by atoms with van der Waals surface area (Å²) in [6, 6.07) is 0. The lowest BCUT2D eigenvalue weighted by Crippen LogP contribution is -2.22. The van der Waals surface area contributed by atoms with Crippen molar-refractivity contribution in [2.45, 2.75) is 66.2 Å². The van der Waals surface area contributed by atoms with E-state index in [4.69, 9.17) is 12.2 Å². The summed E-state index contributed by atoms with van der Waals surface area (Å²) in [7, 11) is 0. The second kappa shape index (κ2) is 6.53. The SMILES string of the molecule is CCCCCCC(C)(CC)C(C)=S. The van der Waals surface area contributed by atoms with E-state index in [1.54, 1.807) is 0 Å². The number of hydrogen-bond acceptors (Lipinski definition) is 1. The van der Waals surface area contributed by atoms with Crippen LogP contribution in [0.4, 0.5) is 0 Å².